The molecule has 6 nitrogen and oxygen atoms in total. The molecule has 0 aliphatic heterocycles. The molecule has 1 aliphatic carbocycles. The third kappa shape index (κ3) is 4.01. The maximum absolute atomic E-state index is 12.4. The van der Waals surface area contributed by atoms with E-state index in [4.69, 9.17) is 9.47 Å². The number of benzene rings is 1. The lowest BCUT2D eigenvalue weighted by Crippen LogP contribution is -2.21. The van der Waals surface area contributed by atoms with E-state index in [0.717, 1.165) is 11.1 Å². The standard InChI is InChI=1S/C21H22N2O4/c1-4-26-19(24)18(20(25)27-5-2)16-10-17(21(11-16,12-22)13-23)15-8-6-14(3)7-9-15/h6-9,17H,4-5,10-11H2,1-3H3. The molecule has 0 heterocycles. The van der Waals surface area contributed by atoms with Gasteiger partial charge in [-0.1, -0.05) is 29.8 Å². The van der Waals surface area contributed by atoms with Crippen molar-refractivity contribution in [2.24, 2.45) is 5.41 Å². The molecule has 0 bridgehead atoms. The minimum absolute atomic E-state index is 0.00546. The molecule has 1 fully saturated rings. The molecule has 1 unspecified atom stereocenters. The zero-order valence-electron chi connectivity index (χ0n) is 15.7. The van der Waals surface area contributed by atoms with E-state index >= 15 is 0 Å². The Morgan fingerprint density at radius 3 is 2.04 bits per heavy atom. The summed E-state index contributed by atoms with van der Waals surface area (Å²) >= 11 is 0. The molecule has 1 aliphatic rings. The van der Waals surface area contributed by atoms with Crippen LogP contribution in [0.25, 0.3) is 0 Å². The lowest BCUT2D eigenvalue weighted by atomic mass is 9.76. The van der Waals surface area contributed by atoms with Crippen LogP contribution in [0.15, 0.2) is 35.4 Å². The highest BCUT2D eigenvalue weighted by Crippen LogP contribution is 2.52. The SMILES string of the molecule is CCOC(=O)C(C(=O)OCC)=C1CC(c2ccc(C)cc2)C(C#N)(C#N)C1. The largest absolute Gasteiger partial charge is 0.462 e. The van der Waals surface area contributed by atoms with E-state index < -0.39 is 23.3 Å². The van der Waals surface area contributed by atoms with Gasteiger partial charge in [0.2, 0.25) is 0 Å². The summed E-state index contributed by atoms with van der Waals surface area (Å²) < 4.78 is 10.0. The molecule has 1 aromatic rings. The molecule has 0 N–H and O–H groups in total. The summed E-state index contributed by atoms with van der Waals surface area (Å²) in [6.45, 7) is 5.45. The second kappa shape index (κ2) is 8.51. The van der Waals surface area contributed by atoms with E-state index in [1.165, 1.54) is 0 Å². The number of aryl methyl sites for hydroxylation is 1. The van der Waals surface area contributed by atoms with E-state index in [1.54, 1.807) is 13.8 Å². The van der Waals surface area contributed by atoms with E-state index in [9.17, 15) is 20.1 Å². The highest BCUT2D eigenvalue weighted by atomic mass is 16.6. The normalized spacial score (nSPS) is 17.5. The van der Waals surface area contributed by atoms with Crippen LogP contribution in [-0.2, 0) is 19.1 Å². The number of allylic oxidation sites excluding steroid dienone is 1. The third-order valence-corrected chi connectivity index (χ3v) is 4.73. The molecule has 27 heavy (non-hydrogen) atoms. The van der Waals surface area contributed by atoms with Crippen molar-refractivity contribution < 1.29 is 19.1 Å². The first-order valence-corrected chi connectivity index (χ1v) is 8.87. The van der Waals surface area contributed by atoms with Crippen molar-refractivity contribution in [1.29, 1.82) is 10.5 Å². The Hall–Kier alpha value is -3.12. The topological polar surface area (TPSA) is 100 Å². The molecule has 0 radical (unpaired) electrons. The lowest BCUT2D eigenvalue weighted by Gasteiger charge is -2.21. The molecule has 0 aromatic heterocycles. The first-order chi connectivity index (χ1) is 12.9. The number of carbonyl (C=O) groups is 2. The molecule has 1 saturated carbocycles. The molecule has 0 saturated heterocycles. The van der Waals surface area contributed by atoms with Gasteiger partial charge < -0.3 is 9.47 Å². The average molecular weight is 366 g/mol. The molecule has 0 spiro atoms. The van der Waals surface area contributed by atoms with Gasteiger partial charge in [0.1, 0.15) is 5.57 Å². The number of nitriles is 2. The Labute approximate surface area is 159 Å². The van der Waals surface area contributed by atoms with Crippen molar-refractivity contribution in [3.8, 4) is 12.1 Å². The van der Waals surface area contributed by atoms with E-state index in [2.05, 4.69) is 12.1 Å². The van der Waals surface area contributed by atoms with Crippen LogP contribution < -0.4 is 0 Å². The van der Waals surface area contributed by atoms with Crippen molar-refractivity contribution in [3.63, 3.8) is 0 Å². The molecule has 1 aromatic carbocycles. The molecule has 2 rings (SSSR count). The minimum atomic E-state index is -1.35. The van der Waals surface area contributed by atoms with Gasteiger partial charge in [0.25, 0.3) is 0 Å². The number of carbonyl (C=O) groups excluding carboxylic acids is 2. The number of ether oxygens (including phenoxy) is 2. The fourth-order valence-corrected chi connectivity index (χ4v) is 3.38. The Balaban J connectivity index is 2.56. The van der Waals surface area contributed by atoms with Crippen LogP contribution in [0.5, 0.6) is 0 Å². The van der Waals surface area contributed by atoms with Crippen molar-refractivity contribution in [2.45, 2.75) is 39.5 Å². The van der Waals surface area contributed by atoms with E-state index in [0.29, 0.717) is 5.57 Å². The second-order valence-corrected chi connectivity index (χ2v) is 6.46. The Kier molecular flexibility index (Phi) is 6.36. The third-order valence-electron chi connectivity index (χ3n) is 4.73. The molecular weight excluding hydrogens is 344 g/mol. The van der Waals surface area contributed by atoms with Gasteiger partial charge in [-0.25, -0.2) is 9.59 Å². The Morgan fingerprint density at radius 2 is 1.59 bits per heavy atom. The van der Waals surface area contributed by atoms with Gasteiger partial charge in [-0.3, -0.25) is 0 Å². The molecule has 140 valence electrons. The Bertz CT molecular complexity index is 806. The molecule has 1 atom stereocenters. The van der Waals surface area contributed by atoms with Crippen molar-refractivity contribution in [2.75, 3.05) is 13.2 Å². The number of nitrogens with zero attached hydrogens (tertiary/aromatic N) is 2. The summed E-state index contributed by atoms with van der Waals surface area (Å²) in [6, 6.07) is 11.8. The van der Waals surface area contributed by atoms with Crippen LogP contribution in [0, 0.1) is 35.0 Å². The van der Waals surface area contributed by atoms with Gasteiger partial charge in [-0.2, -0.15) is 10.5 Å². The zero-order chi connectivity index (χ0) is 20.0. The van der Waals surface area contributed by atoms with Crippen molar-refractivity contribution >= 4 is 11.9 Å². The van der Waals surface area contributed by atoms with E-state index in [1.807, 2.05) is 31.2 Å². The second-order valence-electron chi connectivity index (χ2n) is 6.46. The van der Waals surface area contributed by atoms with Gasteiger partial charge in [-0.05, 0) is 38.3 Å². The highest BCUT2D eigenvalue weighted by molar-refractivity contribution is 6.14. The summed E-state index contributed by atoms with van der Waals surface area (Å²) in [4.78, 5) is 24.8. The summed E-state index contributed by atoms with van der Waals surface area (Å²) in [6.07, 6.45) is 0.253. The maximum atomic E-state index is 12.4. The smallest absolute Gasteiger partial charge is 0.345 e. The van der Waals surface area contributed by atoms with Gasteiger partial charge in [0, 0.05) is 12.3 Å². The van der Waals surface area contributed by atoms with Crippen LogP contribution in [-0.4, -0.2) is 25.2 Å². The quantitative estimate of drug-likeness (QED) is 0.343. The van der Waals surface area contributed by atoms with Crippen LogP contribution in [0.1, 0.15) is 43.7 Å². The fraction of sp³-hybridized carbons (Fsp3) is 0.429. The zero-order valence-corrected chi connectivity index (χ0v) is 15.7. The maximum Gasteiger partial charge on any atom is 0.345 e. The predicted octanol–water partition coefficient (Wildman–Crippen LogP) is 3.33. The number of rotatable bonds is 5. The van der Waals surface area contributed by atoms with Crippen LogP contribution in [0.2, 0.25) is 0 Å². The summed E-state index contributed by atoms with van der Waals surface area (Å²) in [7, 11) is 0. The van der Waals surface area contributed by atoms with Crippen molar-refractivity contribution in [3.05, 3.63) is 46.5 Å². The van der Waals surface area contributed by atoms with Crippen LogP contribution in [0.4, 0.5) is 0 Å². The lowest BCUT2D eigenvalue weighted by molar-refractivity contribution is -0.146. The monoisotopic (exact) mass is 366 g/mol. The average Bonchev–Trinajstić information content (AvgIpc) is 3.03. The van der Waals surface area contributed by atoms with Crippen LogP contribution in [0.3, 0.4) is 0 Å². The molecule has 6 heteroatoms. The molecular formula is C21H22N2O4. The first kappa shape index (κ1) is 20.2. The van der Waals surface area contributed by atoms with Gasteiger partial charge in [0.15, 0.2) is 5.41 Å². The predicted molar refractivity (Wildman–Crippen MR) is 97.1 cm³/mol. The number of hydrogen-bond donors (Lipinski definition) is 0. The summed E-state index contributed by atoms with van der Waals surface area (Å²) in [5, 5.41) is 19.5. The van der Waals surface area contributed by atoms with Crippen molar-refractivity contribution in [1.82, 2.24) is 0 Å². The summed E-state index contributed by atoms with van der Waals surface area (Å²) in [5.41, 5.74) is 0.773. The first-order valence-electron chi connectivity index (χ1n) is 8.87. The molecule has 0 amide bonds. The fourth-order valence-electron chi connectivity index (χ4n) is 3.38. The Morgan fingerprint density at radius 1 is 1.07 bits per heavy atom. The van der Waals surface area contributed by atoms with E-state index in [-0.39, 0.29) is 31.6 Å². The minimum Gasteiger partial charge on any atom is -0.462 e. The summed E-state index contributed by atoms with van der Waals surface area (Å²) in [5.74, 6) is -2.00. The van der Waals surface area contributed by atoms with Crippen LogP contribution >= 0.6 is 0 Å². The van der Waals surface area contributed by atoms with Gasteiger partial charge in [-0.15, -0.1) is 0 Å². The number of hydrogen-bond acceptors (Lipinski definition) is 6. The number of esters is 2. The van der Waals surface area contributed by atoms with Gasteiger partial charge in [0.05, 0.1) is 25.4 Å². The highest BCUT2D eigenvalue weighted by Gasteiger charge is 2.49. The van der Waals surface area contributed by atoms with Gasteiger partial charge >= 0.3 is 11.9 Å².